The van der Waals surface area contributed by atoms with Gasteiger partial charge in [-0.1, -0.05) is 70.4 Å². The molecule has 1 saturated carbocycles. The van der Waals surface area contributed by atoms with Crippen LogP contribution in [0.3, 0.4) is 0 Å². The number of hydrogen-bond donors (Lipinski definition) is 0. The van der Waals surface area contributed by atoms with Gasteiger partial charge in [0.2, 0.25) is 0 Å². The summed E-state index contributed by atoms with van der Waals surface area (Å²) < 4.78 is 7.50. The predicted octanol–water partition coefficient (Wildman–Crippen LogP) is 5.45. The molecule has 0 aromatic rings. The number of allylic oxidation sites excluding steroid dienone is 2. The van der Waals surface area contributed by atoms with Gasteiger partial charge < -0.3 is 0 Å². The number of hydrogen-bond acceptors (Lipinski definition) is 0. The van der Waals surface area contributed by atoms with Crippen LogP contribution in [-0.4, -0.2) is 0 Å². The SMILES string of the molecule is CCCCCCCCCCC=C1CC1C.[C-]#[O+]. The van der Waals surface area contributed by atoms with E-state index in [0.717, 1.165) is 5.92 Å². The number of rotatable bonds is 9. The van der Waals surface area contributed by atoms with Gasteiger partial charge in [0.1, 0.15) is 0 Å². The first-order valence-corrected chi connectivity index (χ1v) is 7.24. The molecular formula is C16H28O. The van der Waals surface area contributed by atoms with Crippen LogP contribution in [0.25, 0.3) is 0 Å². The summed E-state index contributed by atoms with van der Waals surface area (Å²) in [5.41, 5.74) is 1.72. The quantitative estimate of drug-likeness (QED) is 0.220. The Balaban J connectivity index is 0.00000121. The van der Waals surface area contributed by atoms with Gasteiger partial charge in [-0.3, -0.25) is 0 Å². The fraction of sp³-hybridized carbons (Fsp3) is 0.812. The molecule has 0 aromatic carbocycles. The standard InChI is InChI=1S/C15H28.CO/c1-3-4-5-6-7-8-9-10-11-12-15-13-14(15)2;1-2/h12,14H,3-11,13H2,1-2H3;. The van der Waals surface area contributed by atoms with Crippen molar-refractivity contribution in [3.63, 3.8) is 0 Å². The molecule has 0 bridgehead atoms. The first-order chi connectivity index (χ1) is 8.34. The molecule has 0 heterocycles. The first kappa shape index (κ1) is 16.5. The zero-order valence-electron chi connectivity index (χ0n) is 11.6. The van der Waals surface area contributed by atoms with E-state index in [9.17, 15) is 0 Å². The van der Waals surface area contributed by atoms with Crippen LogP contribution in [0, 0.1) is 12.6 Å². The van der Waals surface area contributed by atoms with E-state index in [1.807, 2.05) is 0 Å². The van der Waals surface area contributed by atoms with Crippen LogP contribution in [0.2, 0.25) is 0 Å². The molecule has 0 aromatic heterocycles. The summed E-state index contributed by atoms with van der Waals surface area (Å²) in [7, 11) is 0. The topological polar surface area (TPSA) is 19.9 Å². The van der Waals surface area contributed by atoms with Crippen molar-refractivity contribution in [2.24, 2.45) is 5.92 Å². The Bertz CT molecular complexity index is 215. The molecular weight excluding hydrogens is 208 g/mol. The molecule has 1 aliphatic rings. The van der Waals surface area contributed by atoms with E-state index in [-0.39, 0.29) is 0 Å². The van der Waals surface area contributed by atoms with Gasteiger partial charge in [-0.2, -0.15) is 0 Å². The van der Waals surface area contributed by atoms with Crippen molar-refractivity contribution in [3.05, 3.63) is 18.3 Å². The van der Waals surface area contributed by atoms with Crippen molar-refractivity contribution in [2.45, 2.75) is 78.1 Å². The van der Waals surface area contributed by atoms with Gasteiger partial charge in [-0.15, -0.1) is 0 Å². The Morgan fingerprint density at radius 3 is 2.00 bits per heavy atom. The fourth-order valence-electron chi connectivity index (χ4n) is 2.14. The van der Waals surface area contributed by atoms with Crippen molar-refractivity contribution in [2.75, 3.05) is 0 Å². The Hall–Kier alpha value is -0.520. The van der Waals surface area contributed by atoms with Crippen LogP contribution in [0.1, 0.15) is 78.1 Å². The molecule has 0 amide bonds. The molecule has 1 atom stereocenters. The van der Waals surface area contributed by atoms with Crippen LogP contribution in [0.15, 0.2) is 11.6 Å². The van der Waals surface area contributed by atoms with Crippen molar-refractivity contribution in [1.29, 1.82) is 0 Å². The molecule has 1 heteroatoms. The second-order valence-corrected chi connectivity index (χ2v) is 5.15. The van der Waals surface area contributed by atoms with E-state index in [2.05, 4.69) is 26.6 Å². The third-order valence-electron chi connectivity index (χ3n) is 3.48. The van der Waals surface area contributed by atoms with Gasteiger partial charge in [0.25, 0.3) is 0 Å². The summed E-state index contributed by atoms with van der Waals surface area (Å²) in [6, 6.07) is 0. The van der Waals surface area contributed by atoms with E-state index < -0.39 is 0 Å². The summed E-state index contributed by atoms with van der Waals surface area (Å²) in [5, 5.41) is 0. The van der Waals surface area contributed by atoms with E-state index in [4.69, 9.17) is 4.65 Å². The molecule has 0 N–H and O–H groups in total. The van der Waals surface area contributed by atoms with Crippen LogP contribution in [0.5, 0.6) is 0 Å². The van der Waals surface area contributed by atoms with E-state index >= 15 is 0 Å². The Morgan fingerprint density at radius 1 is 1.06 bits per heavy atom. The normalized spacial score (nSPS) is 19.8. The Morgan fingerprint density at radius 2 is 1.53 bits per heavy atom. The minimum atomic E-state index is 0.930. The molecule has 1 fully saturated rings. The van der Waals surface area contributed by atoms with Crippen molar-refractivity contribution in [3.8, 4) is 0 Å². The first-order valence-electron chi connectivity index (χ1n) is 7.24. The zero-order valence-corrected chi connectivity index (χ0v) is 11.6. The molecule has 0 aliphatic heterocycles. The van der Waals surface area contributed by atoms with Gasteiger partial charge in [0.05, 0.1) is 0 Å². The molecule has 98 valence electrons. The molecule has 1 nitrogen and oxygen atoms in total. The van der Waals surface area contributed by atoms with Gasteiger partial charge in [-0.05, 0) is 25.2 Å². The third-order valence-corrected chi connectivity index (χ3v) is 3.48. The molecule has 1 rings (SSSR count). The summed E-state index contributed by atoms with van der Waals surface area (Å²) in [6.07, 6.45) is 16.7. The molecule has 0 saturated heterocycles. The predicted molar refractivity (Wildman–Crippen MR) is 73.0 cm³/mol. The maximum atomic E-state index is 7.50. The molecule has 0 spiro atoms. The molecule has 17 heavy (non-hydrogen) atoms. The third kappa shape index (κ3) is 10.4. The average Bonchev–Trinajstić information content (AvgIpc) is 3.06. The van der Waals surface area contributed by atoms with E-state index in [1.54, 1.807) is 5.57 Å². The van der Waals surface area contributed by atoms with Crippen LogP contribution >= 0.6 is 0 Å². The van der Waals surface area contributed by atoms with Crippen LogP contribution < -0.4 is 0 Å². The summed E-state index contributed by atoms with van der Waals surface area (Å²) >= 11 is 0. The maximum absolute atomic E-state index is 7.50. The summed E-state index contributed by atoms with van der Waals surface area (Å²) in [5.74, 6) is 0.930. The van der Waals surface area contributed by atoms with Crippen molar-refractivity contribution < 1.29 is 4.65 Å². The minimum absolute atomic E-state index is 0.930. The molecule has 0 radical (unpaired) electrons. The van der Waals surface area contributed by atoms with Crippen LogP contribution in [-0.2, 0) is 4.65 Å². The molecule has 1 aliphatic carbocycles. The van der Waals surface area contributed by atoms with E-state index in [1.165, 1.54) is 64.2 Å². The second kappa shape index (κ2) is 12.0. The average molecular weight is 236 g/mol. The van der Waals surface area contributed by atoms with Crippen LogP contribution in [0.4, 0.5) is 0 Å². The van der Waals surface area contributed by atoms with Crippen molar-refractivity contribution >= 4 is 0 Å². The summed E-state index contributed by atoms with van der Waals surface area (Å²) in [6.45, 7) is 9.12. The zero-order chi connectivity index (χ0) is 12.9. The van der Waals surface area contributed by atoms with Gasteiger partial charge in [0.15, 0.2) is 0 Å². The van der Waals surface area contributed by atoms with Gasteiger partial charge >= 0.3 is 11.3 Å². The number of unbranched alkanes of at least 4 members (excludes halogenated alkanes) is 8. The van der Waals surface area contributed by atoms with Gasteiger partial charge in [0, 0.05) is 0 Å². The van der Waals surface area contributed by atoms with Gasteiger partial charge in [-0.25, -0.2) is 0 Å². The Labute approximate surface area is 107 Å². The fourth-order valence-corrected chi connectivity index (χ4v) is 2.14. The second-order valence-electron chi connectivity index (χ2n) is 5.15. The summed E-state index contributed by atoms with van der Waals surface area (Å²) in [4.78, 5) is 0. The molecule has 1 unspecified atom stereocenters. The monoisotopic (exact) mass is 236 g/mol. The Kier molecular flexibility index (Phi) is 11.6. The van der Waals surface area contributed by atoms with Crippen molar-refractivity contribution in [1.82, 2.24) is 0 Å². The van der Waals surface area contributed by atoms with E-state index in [0.29, 0.717) is 0 Å².